The smallest absolute Gasteiger partial charge is 0.243 e. The Kier molecular flexibility index (Phi) is 3.57. The maximum absolute atomic E-state index is 13.6. The Hall–Kier alpha value is -3.07. The molecule has 0 saturated heterocycles. The number of rotatable bonds is 4. The molecular formula is C22H19NO2. The molecule has 124 valence electrons. The van der Waals surface area contributed by atoms with E-state index >= 15 is 0 Å². The minimum atomic E-state index is -0.883. The van der Waals surface area contributed by atoms with E-state index in [1.165, 1.54) is 0 Å². The summed E-state index contributed by atoms with van der Waals surface area (Å²) < 4.78 is 5.70. The Morgan fingerprint density at radius 1 is 1.04 bits per heavy atom. The second-order valence-corrected chi connectivity index (χ2v) is 6.28. The standard InChI is InChI=1S/C22H19NO2/c1-3-17(20-14-9-15-25-20)22(16-10-5-4-6-11-16)18-12-7-8-13-19(18)23(2)21(22)24/h3-15,17H,1H2,2H3. The molecule has 2 aromatic carbocycles. The minimum Gasteiger partial charge on any atom is -0.469 e. The summed E-state index contributed by atoms with van der Waals surface area (Å²) in [4.78, 5) is 15.4. The van der Waals surface area contributed by atoms with E-state index in [2.05, 4.69) is 6.58 Å². The fourth-order valence-electron chi connectivity index (χ4n) is 4.02. The van der Waals surface area contributed by atoms with Gasteiger partial charge in [-0.3, -0.25) is 4.79 Å². The van der Waals surface area contributed by atoms with Crippen LogP contribution in [0.3, 0.4) is 0 Å². The van der Waals surface area contributed by atoms with E-state index < -0.39 is 5.41 Å². The Morgan fingerprint density at radius 2 is 1.76 bits per heavy atom. The second-order valence-electron chi connectivity index (χ2n) is 6.28. The molecule has 0 saturated carbocycles. The summed E-state index contributed by atoms with van der Waals surface area (Å²) in [7, 11) is 1.83. The summed E-state index contributed by atoms with van der Waals surface area (Å²) in [5.74, 6) is 0.460. The number of para-hydroxylation sites is 1. The molecule has 3 aromatic rings. The molecule has 4 rings (SSSR count). The van der Waals surface area contributed by atoms with Crippen LogP contribution in [0.4, 0.5) is 5.69 Å². The van der Waals surface area contributed by atoms with Gasteiger partial charge in [0, 0.05) is 12.7 Å². The molecule has 1 amide bonds. The quantitative estimate of drug-likeness (QED) is 0.660. The topological polar surface area (TPSA) is 33.5 Å². The summed E-state index contributed by atoms with van der Waals surface area (Å²) in [5, 5.41) is 0. The maximum Gasteiger partial charge on any atom is 0.243 e. The molecule has 2 heterocycles. The van der Waals surface area contributed by atoms with Crippen molar-refractivity contribution in [3.8, 4) is 0 Å². The molecule has 1 aliphatic heterocycles. The fourth-order valence-corrected chi connectivity index (χ4v) is 4.02. The van der Waals surface area contributed by atoms with E-state index in [1.807, 2.05) is 79.9 Å². The van der Waals surface area contributed by atoms with Gasteiger partial charge >= 0.3 is 0 Å². The highest BCUT2D eigenvalue weighted by Gasteiger charge is 2.56. The van der Waals surface area contributed by atoms with Gasteiger partial charge in [0.1, 0.15) is 11.2 Å². The number of fused-ring (bicyclic) bond motifs is 1. The molecule has 25 heavy (non-hydrogen) atoms. The number of allylic oxidation sites excluding steroid dienone is 1. The summed E-state index contributed by atoms with van der Waals surface area (Å²) in [5.41, 5.74) is 1.97. The van der Waals surface area contributed by atoms with Gasteiger partial charge < -0.3 is 9.32 Å². The van der Waals surface area contributed by atoms with Gasteiger partial charge in [0.2, 0.25) is 5.91 Å². The van der Waals surface area contributed by atoms with Crippen molar-refractivity contribution in [1.82, 2.24) is 0 Å². The normalized spacial score (nSPS) is 20.4. The number of nitrogens with zero attached hydrogens (tertiary/aromatic N) is 1. The first-order valence-corrected chi connectivity index (χ1v) is 8.30. The largest absolute Gasteiger partial charge is 0.469 e. The van der Waals surface area contributed by atoms with Crippen LogP contribution < -0.4 is 4.90 Å². The van der Waals surface area contributed by atoms with Crippen LogP contribution in [-0.4, -0.2) is 13.0 Å². The summed E-state index contributed by atoms with van der Waals surface area (Å²) in [6.45, 7) is 4.03. The molecular weight excluding hydrogens is 310 g/mol. The van der Waals surface area contributed by atoms with Gasteiger partial charge in [-0.25, -0.2) is 0 Å². The number of benzene rings is 2. The Bertz CT molecular complexity index is 914. The summed E-state index contributed by atoms with van der Waals surface area (Å²) in [6, 6.07) is 21.6. The first kappa shape index (κ1) is 15.5. The van der Waals surface area contributed by atoms with Gasteiger partial charge in [0.05, 0.1) is 12.2 Å². The molecule has 2 atom stereocenters. The van der Waals surface area contributed by atoms with Crippen molar-refractivity contribution in [2.24, 2.45) is 0 Å². The third kappa shape index (κ3) is 2.02. The molecule has 0 spiro atoms. The molecule has 0 fully saturated rings. The lowest BCUT2D eigenvalue weighted by molar-refractivity contribution is -0.122. The van der Waals surface area contributed by atoms with Crippen molar-refractivity contribution in [3.05, 3.63) is 103 Å². The number of carbonyl (C=O) groups excluding carboxylic acids is 1. The zero-order valence-electron chi connectivity index (χ0n) is 14.1. The van der Waals surface area contributed by atoms with Crippen LogP contribution in [0.25, 0.3) is 0 Å². The van der Waals surface area contributed by atoms with Crippen LogP contribution in [-0.2, 0) is 10.2 Å². The first-order chi connectivity index (χ1) is 12.2. The van der Waals surface area contributed by atoms with E-state index in [1.54, 1.807) is 11.2 Å². The van der Waals surface area contributed by atoms with Crippen molar-refractivity contribution < 1.29 is 9.21 Å². The monoisotopic (exact) mass is 329 g/mol. The average molecular weight is 329 g/mol. The van der Waals surface area contributed by atoms with E-state index in [4.69, 9.17) is 4.42 Å². The Labute approximate surface area is 147 Å². The lowest BCUT2D eigenvalue weighted by Gasteiger charge is -2.34. The average Bonchev–Trinajstić information content (AvgIpc) is 3.26. The minimum absolute atomic E-state index is 0.0289. The zero-order chi connectivity index (χ0) is 17.4. The number of hydrogen-bond donors (Lipinski definition) is 0. The lowest BCUT2D eigenvalue weighted by atomic mass is 9.65. The molecule has 0 N–H and O–H groups in total. The maximum atomic E-state index is 13.6. The fraction of sp³-hybridized carbons (Fsp3) is 0.136. The predicted octanol–water partition coefficient (Wildman–Crippen LogP) is 4.51. The highest BCUT2D eigenvalue weighted by atomic mass is 16.3. The molecule has 3 heteroatoms. The number of hydrogen-bond acceptors (Lipinski definition) is 2. The van der Waals surface area contributed by atoms with Crippen LogP contribution in [0.15, 0.2) is 90.1 Å². The summed E-state index contributed by atoms with van der Waals surface area (Å²) in [6.07, 6.45) is 3.46. The van der Waals surface area contributed by atoms with Gasteiger partial charge in [-0.05, 0) is 29.3 Å². The van der Waals surface area contributed by atoms with E-state index in [-0.39, 0.29) is 11.8 Å². The molecule has 0 bridgehead atoms. The van der Waals surface area contributed by atoms with Gasteiger partial charge in [-0.1, -0.05) is 54.6 Å². The van der Waals surface area contributed by atoms with Crippen molar-refractivity contribution in [1.29, 1.82) is 0 Å². The first-order valence-electron chi connectivity index (χ1n) is 8.30. The molecule has 1 aromatic heterocycles. The van der Waals surface area contributed by atoms with Gasteiger partial charge in [0.25, 0.3) is 0 Å². The number of anilines is 1. The summed E-state index contributed by atoms with van der Waals surface area (Å²) >= 11 is 0. The zero-order valence-corrected chi connectivity index (χ0v) is 14.1. The van der Waals surface area contributed by atoms with Gasteiger partial charge in [-0.2, -0.15) is 0 Å². The van der Waals surface area contributed by atoms with Crippen molar-refractivity contribution in [3.63, 3.8) is 0 Å². The van der Waals surface area contributed by atoms with Crippen molar-refractivity contribution in [2.45, 2.75) is 11.3 Å². The highest BCUT2D eigenvalue weighted by Crippen LogP contribution is 2.53. The van der Waals surface area contributed by atoms with E-state index in [0.29, 0.717) is 0 Å². The van der Waals surface area contributed by atoms with Crippen LogP contribution in [0, 0.1) is 0 Å². The van der Waals surface area contributed by atoms with Crippen molar-refractivity contribution >= 4 is 11.6 Å². The number of likely N-dealkylation sites (N-methyl/N-ethyl adjacent to an activating group) is 1. The highest BCUT2D eigenvalue weighted by molar-refractivity contribution is 6.11. The SMILES string of the molecule is C=CC(c1ccco1)C1(c2ccccc2)C(=O)N(C)c2ccccc21. The molecule has 0 aliphatic carbocycles. The van der Waals surface area contributed by atoms with Gasteiger partial charge in [-0.15, -0.1) is 6.58 Å². The van der Waals surface area contributed by atoms with Crippen LogP contribution in [0.5, 0.6) is 0 Å². The van der Waals surface area contributed by atoms with Crippen molar-refractivity contribution in [2.75, 3.05) is 11.9 Å². The second kappa shape index (κ2) is 5.78. The lowest BCUT2D eigenvalue weighted by Crippen LogP contribution is -2.43. The number of carbonyl (C=O) groups is 1. The Morgan fingerprint density at radius 3 is 2.44 bits per heavy atom. The van der Waals surface area contributed by atoms with Crippen LogP contribution in [0.2, 0.25) is 0 Å². The van der Waals surface area contributed by atoms with E-state index in [9.17, 15) is 4.79 Å². The molecule has 0 radical (unpaired) electrons. The predicted molar refractivity (Wildman–Crippen MR) is 98.7 cm³/mol. The van der Waals surface area contributed by atoms with E-state index in [0.717, 1.165) is 22.6 Å². The third-order valence-corrected chi connectivity index (χ3v) is 5.11. The molecule has 1 aliphatic rings. The van der Waals surface area contributed by atoms with Crippen LogP contribution >= 0.6 is 0 Å². The third-order valence-electron chi connectivity index (χ3n) is 5.11. The Balaban J connectivity index is 2.08. The molecule has 2 unspecified atom stereocenters. The molecule has 3 nitrogen and oxygen atoms in total. The van der Waals surface area contributed by atoms with Gasteiger partial charge in [0.15, 0.2) is 0 Å². The number of furan rings is 1. The number of amides is 1. The van der Waals surface area contributed by atoms with Crippen LogP contribution in [0.1, 0.15) is 22.8 Å².